The van der Waals surface area contributed by atoms with Crippen molar-refractivity contribution in [3.63, 3.8) is 0 Å². The Labute approximate surface area is 126 Å². The molecule has 1 atom stereocenters. The van der Waals surface area contributed by atoms with Gasteiger partial charge in [-0.05, 0) is 25.3 Å². The zero-order valence-corrected chi connectivity index (χ0v) is 11.9. The fourth-order valence-corrected chi connectivity index (χ4v) is 2.69. The van der Waals surface area contributed by atoms with Crippen molar-refractivity contribution in [2.24, 2.45) is 5.73 Å². The molecule has 0 bridgehead atoms. The molecular formula is C14H16N6O2. The summed E-state index contributed by atoms with van der Waals surface area (Å²) < 4.78 is 0. The number of piperidine rings is 1. The number of nitrogens with two attached hydrogens (primary N) is 1. The predicted molar refractivity (Wildman–Crippen MR) is 76.8 cm³/mol. The van der Waals surface area contributed by atoms with Crippen LogP contribution in [-0.2, 0) is 0 Å². The minimum Gasteiger partial charge on any atom is -0.364 e. The van der Waals surface area contributed by atoms with Gasteiger partial charge in [-0.25, -0.2) is 4.98 Å². The number of amides is 2. The first kappa shape index (κ1) is 14.2. The van der Waals surface area contributed by atoms with Crippen LogP contribution in [0.3, 0.4) is 0 Å². The maximum atomic E-state index is 12.6. The molecule has 0 radical (unpaired) electrons. The third kappa shape index (κ3) is 2.67. The SMILES string of the molecule is NC(=O)c1cc(C2CCCCN2C(=O)c2cnccn2)[nH]n1. The monoisotopic (exact) mass is 300 g/mol. The molecule has 0 aromatic carbocycles. The largest absolute Gasteiger partial charge is 0.364 e. The number of hydrogen-bond donors (Lipinski definition) is 2. The van der Waals surface area contributed by atoms with Crippen molar-refractivity contribution < 1.29 is 9.59 Å². The van der Waals surface area contributed by atoms with E-state index in [2.05, 4.69) is 20.2 Å². The number of carbonyl (C=O) groups is 2. The third-order valence-electron chi connectivity index (χ3n) is 3.76. The van der Waals surface area contributed by atoms with Crippen molar-refractivity contribution in [2.45, 2.75) is 25.3 Å². The van der Waals surface area contributed by atoms with Gasteiger partial charge in [0.05, 0.1) is 17.9 Å². The Balaban J connectivity index is 1.87. The fourth-order valence-electron chi connectivity index (χ4n) is 2.69. The molecule has 0 saturated carbocycles. The number of aromatic nitrogens is 4. The maximum Gasteiger partial charge on any atom is 0.274 e. The smallest absolute Gasteiger partial charge is 0.274 e. The number of nitrogens with zero attached hydrogens (tertiary/aromatic N) is 4. The molecular weight excluding hydrogens is 284 g/mol. The van der Waals surface area contributed by atoms with Crippen LogP contribution in [-0.4, -0.2) is 43.4 Å². The molecule has 1 saturated heterocycles. The van der Waals surface area contributed by atoms with Gasteiger partial charge in [0, 0.05) is 18.9 Å². The Hall–Kier alpha value is -2.77. The van der Waals surface area contributed by atoms with Crippen LogP contribution >= 0.6 is 0 Å². The number of H-pyrrole nitrogens is 1. The Bertz CT molecular complexity index is 684. The molecule has 22 heavy (non-hydrogen) atoms. The molecule has 0 aliphatic carbocycles. The van der Waals surface area contributed by atoms with Gasteiger partial charge < -0.3 is 10.6 Å². The zero-order chi connectivity index (χ0) is 15.5. The lowest BCUT2D eigenvalue weighted by Crippen LogP contribution is -2.39. The lowest BCUT2D eigenvalue weighted by atomic mass is 9.98. The van der Waals surface area contributed by atoms with Crippen molar-refractivity contribution in [3.05, 3.63) is 41.7 Å². The van der Waals surface area contributed by atoms with Crippen LogP contribution in [0.1, 0.15) is 52.0 Å². The van der Waals surface area contributed by atoms with E-state index in [9.17, 15) is 9.59 Å². The minimum absolute atomic E-state index is 0.163. The van der Waals surface area contributed by atoms with Gasteiger partial charge in [0.2, 0.25) is 0 Å². The summed E-state index contributed by atoms with van der Waals surface area (Å²) in [5, 5.41) is 6.70. The van der Waals surface area contributed by atoms with Gasteiger partial charge in [0.25, 0.3) is 11.8 Å². The van der Waals surface area contributed by atoms with E-state index in [-0.39, 0.29) is 17.6 Å². The van der Waals surface area contributed by atoms with Gasteiger partial charge in [0.15, 0.2) is 0 Å². The minimum atomic E-state index is -0.592. The standard InChI is InChI=1S/C14H16N6O2/c15-13(21)10-7-9(18-19-10)12-3-1-2-6-20(12)14(22)11-8-16-4-5-17-11/h4-5,7-8,12H,1-3,6H2,(H2,15,21)(H,18,19). The molecule has 8 heteroatoms. The molecule has 2 amide bonds. The highest BCUT2D eigenvalue weighted by Crippen LogP contribution is 2.31. The lowest BCUT2D eigenvalue weighted by Gasteiger charge is -2.34. The average Bonchev–Trinajstić information content (AvgIpc) is 3.05. The molecule has 3 rings (SSSR count). The molecule has 2 aromatic rings. The Morgan fingerprint density at radius 2 is 2.14 bits per heavy atom. The number of primary amides is 1. The van der Waals surface area contributed by atoms with Crippen molar-refractivity contribution in [3.8, 4) is 0 Å². The van der Waals surface area contributed by atoms with E-state index in [4.69, 9.17) is 5.73 Å². The summed E-state index contributed by atoms with van der Waals surface area (Å²) in [6.45, 7) is 0.630. The number of rotatable bonds is 3. The molecule has 114 valence electrons. The second-order valence-corrected chi connectivity index (χ2v) is 5.17. The first-order valence-electron chi connectivity index (χ1n) is 7.09. The van der Waals surface area contributed by atoms with Crippen LogP contribution in [0.4, 0.5) is 0 Å². The van der Waals surface area contributed by atoms with Gasteiger partial charge >= 0.3 is 0 Å². The van der Waals surface area contributed by atoms with E-state index < -0.39 is 5.91 Å². The molecule has 1 unspecified atom stereocenters. The summed E-state index contributed by atoms with van der Waals surface area (Å²) >= 11 is 0. The third-order valence-corrected chi connectivity index (χ3v) is 3.76. The highest BCUT2D eigenvalue weighted by molar-refractivity contribution is 5.92. The summed E-state index contributed by atoms with van der Waals surface area (Å²) in [6.07, 6.45) is 7.20. The van der Waals surface area contributed by atoms with Crippen molar-refractivity contribution in [2.75, 3.05) is 6.54 Å². The summed E-state index contributed by atoms with van der Waals surface area (Å²) in [5.74, 6) is -0.766. The Morgan fingerprint density at radius 1 is 1.27 bits per heavy atom. The number of likely N-dealkylation sites (tertiary alicyclic amines) is 1. The summed E-state index contributed by atoms with van der Waals surface area (Å²) in [6, 6.07) is 1.44. The van der Waals surface area contributed by atoms with Crippen molar-refractivity contribution >= 4 is 11.8 Å². The summed E-state index contributed by atoms with van der Waals surface area (Å²) in [4.78, 5) is 33.5. The van der Waals surface area contributed by atoms with Crippen LogP contribution < -0.4 is 5.73 Å². The van der Waals surface area contributed by atoms with Gasteiger partial charge in [-0.3, -0.25) is 19.7 Å². The van der Waals surface area contributed by atoms with Crippen LogP contribution in [0.5, 0.6) is 0 Å². The first-order valence-corrected chi connectivity index (χ1v) is 7.09. The van der Waals surface area contributed by atoms with E-state index in [1.54, 1.807) is 11.0 Å². The van der Waals surface area contributed by atoms with Crippen LogP contribution in [0.2, 0.25) is 0 Å². The first-order chi connectivity index (χ1) is 10.7. The van der Waals surface area contributed by atoms with Gasteiger partial charge in [0.1, 0.15) is 11.4 Å². The topological polar surface area (TPSA) is 118 Å². The molecule has 1 aliphatic rings. The van der Waals surface area contributed by atoms with E-state index in [0.29, 0.717) is 17.9 Å². The highest BCUT2D eigenvalue weighted by Gasteiger charge is 2.31. The molecule has 0 spiro atoms. The van der Waals surface area contributed by atoms with Gasteiger partial charge in [-0.2, -0.15) is 5.10 Å². The number of aromatic amines is 1. The van der Waals surface area contributed by atoms with E-state index in [1.165, 1.54) is 18.6 Å². The van der Waals surface area contributed by atoms with E-state index in [0.717, 1.165) is 19.3 Å². The average molecular weight is 300 g/mol. The molecule has 2 aromatic heterocycles. The van der Waals surface area contributed by atoms with Crippen molar-refractivity contribution in [1.82, 2.24) is 25.1 Å². The van der Waals surface area contributed by atoms with E-state index >= 15 is 0 Å². The number of nitrogens with one attached hydrogen (secondary N) is 1. The van der Waals surface area contributed by atoms with Gasteiger partial charge in [-0.15, -0.1) is 0 Å². The number of carbonyl (C=O) groups excluding carboxylic acids is 2. The Morgan fingerprint density at radius 3 is 2.82 bits per heavy atom. The quantitative estimate of drug-likeness (QED) is 0.863. The molecule has 3 heterocycles. The predicted octanol–water partition coefficient (Wildman–Crippen LogP) is 0.666. The van der Waals surface area contributed by atoms with Crippen LogP contribution in [0.25, 0.3) is 0 Å². The highest BCUT2D eigenvalue weighted by atomic mass is 16.2. The van der Waals surface area contributed by atoms with E-state index in [1.807, 2.05) is 0 Å². The van der Waals surface area contributed by atoms with Gasteiger partial charge in [-0.1, -0.05) is 0 Å². The molecule has 3 N–H and O–H groups in total. The number of hydrogen-bond acceptors (Lipinski definition) is 5. The summed E-state index contributed by atoms with van der Waals surface area (Å²) in [7, 11) is 0. The molecule has 1 fully saturated rings. The zero-order valence-electron chi connectivity index (χ0n) is 11.9. The fraction of sp³-hybridized carbons (Fsp3) is 0.357. The van der Waals surface area contributed by atoms with Crippen LogP contribution in [0.15, 0.2) is 24.7 Å². The molecule has 1 aliphatic heterocycles. The summed E-state index contributed by atoms with van der Waals surface area (Å²) in [5.41, 5.74) is 6.42. The Kier molecular flexibility index (Phi) is 3.82. The normalized spacial score (nSPS) is 18.2. The maximum absolute atomic E-state index is 12.6. The second-order valence-electron chi connectivity index (χ2n) is 5.17. The van der Waals surface area contributed by atoms with Crippen molar-refractivity contribution in [1.29, 1.82) is 0 Å². The molecule has 8 nitrogen and oxygen atoms in total. The second kappa shape index (κ2) is 5.92. The van der Waals surface area contributed by atoms with Crippen LogP contribution in [0, 0.1) is 0 Å². The lowest BCUT2D eigenvalue weighted by molar-refractivity contribution is 0.0599.